The molecule has 17 heavy (non-hydrogen) atoms. The van der Waals surface area contributed by atoms with Gasteiger partial charge in [0.05, 0.1) is 18.0 Å². The van der Waals surface area contributed by atoms with Crippen LogP contribution in [0.3, 0.4) is 0 Å². The second kappa shape index (κ2) is 6.75. The summed E-state index contributed by atoms with van der Waals surface area (Å²) in [5.41, 5.74) is 2.11. The Morgan fingerprint density at radius 1 is 1.47 bits per heavy atom. The summed E-state index contributed by atoms with van der Waals surface area (Å²) < 4.78 is 4.82. The second-order valence-electron chi connectivity index (χ2n) is 3.58. The predicted molar refractivity (Wildman–Crippen MR) is 64.2 cm³/mol. The lowest BCUT2D eigenvalue weighted by Gasteiger charge is -2.06. The fourth-order valence-electron chi connectivity index (χ4n) is 1.16. The maximum Gasteiger partial charge on any atom is 0.334 e. The van der Waals surface area contributed by atoms with Crippen LogP contribution in [0, 0.1) is 6.92 Å². The van der Waals surface area contributed by atoms with E-state index in [-0.39, 0.29) is 5.97 Å². The molecule has 0 saturated heterocycles. The highest BCUT2D eigenvalue weighted by atomic mass is 16.5. The van der Waals surface area contributed by atoms with Crippen molar-refractivity contribution in [3.8, 4) is 0 Å². The SMILES string of the molecule is C=C(CNCc1cnc(C)cn1)C(=O)OCC. The van der Waals surface area contributed by atoms with Crippen molar-refractivity contribution in [2.45, 2.75) is 20.4 Å². The zero-order chi connectivity index (χ0) is 12.7. The molecule has 1 aromatic heterocycles. The van der Waals surface area contributed by atoms with E-state index in [1.807, 2.05) is 6.92 Å². The van der Waals surface area contributed by atoms with Crippen molar-refractivity contribution in [2.75, 3.05) is 13.2 Å². The van der Waals surface area contributed by atoms with Crippen molar-refractivity contribution in [1.82, 2.24) is 15.3 Å². The predicted octanol–water partition coefficient (Wildman–Crippen LogP) is 0.994. The zero-order valence-electron chi connectivity index (χ0n) is 10.2. The van der Waals surface area contributed by atoms with Crippen LogP contribution >= 0.6 is 0 Å². The third-order valence-corrected chi connectivity index (χ3v) is 2.04. The average Bonchev–Trinajstić information content (AvgIpc) is 2.32. The lowest BCUT2D eigenvalue weighted by molar-refractivity contribution is -0.138. The number of hydrogen-bond acceptors (Lipinski definition) is 5. The van der Waals surface area contributed by atoms with E-state index in [2.05, 4.69) is 21.9 Å². The highest BCUT2D eigenvalue weighted by Crippen LogP contribution is 1.96. The molecule has 0 aliphatic heterocycles. The smallest absolute Gasteiger partial charge is 0.334 e. The fourth-order valence-corrected chi connectivity index (χ4v) is 1.16. The molecular weight excluding hydrogens is 218 g/mol. The van der Waals surface area contributed by atoms with Crippen LogP contribution in [0.2, 0.25) is 0 Å². The van der Waals surface area contributed by atoms with E-state index < -0.39 is 0 Å². The molecule has 0 aromatic carbocycles. The Hall–Kier alpha value is -1.75. The number of carbonyl (C=O) groups is 1. The number of nitrogens with zero attached hydrogens (tertiary/aromatic N) is 2. The van der Waals surface area contributed by atoms with Crippen LogP contribution in [0.4, 0.5) is 0 Å². The Morgan fingerprint density at radius 3 is 2.82 bits per heavy atom. The van der Waals surface area contributed by atoms with Gasteiger partial charge in [-0.1, -0.05) is 6.58 Å². The Labute approximate surface area is 101 Å². The zero-order valence-corrected chi connectivity index (χ0v) is 10.2. The minimum atomic E-state index is -0.366. The first-order valence-electron chi connectivity index (χ1n) is 5.46. The summed E-state index contributed by atoms with van der Waals surface area (Å²) in [6.07, 6.45) is 3.41. The summed E-state index contributed by atoms with van der Waals surface area (Å²) in [6.45, 7) is 8.58. The lowest BCUT2D eigenvalue weighted by Crippen LogP contribution is -2.22. The molecule has 5 heteroatoms. The molecule has 0 unspecified atom stereocenters. The second-order valence-corrected chi connectivity index (χ2v) is 3.58. The molecule has 0 atom stereocenters. The summed E-state index contributed by atoms with van der Waals surface area (Å²) in [7, 11) is 0. The van der Waals surface area contributed by atoms with E-state index in [1.54, 1.807) is 19.3 Å². The van der Waals surface area contributed by atoms with Crippen molar-refractivity contribution >= 4 is 5.97 Å². The number of esters is 1. The van der Waals surface area contributed by atoms with Crippen LogP contribution in [0.1, 0.15) is 18.3 Å². The third kappa shape index (κ3) is 4.74. The molecule has 0 aliphatic carbocycles. The molecule has 0 radical (unpaired) electrons. The van der Waals surface area contributed by atoms with E-state index in [9.17, 15) is 4.79 Å². The molecule has 1 aromatic rings. The number of hydrogen-bond donors (Lipinski definition) is 1. The van der Waals surface area contributed by atoms with Crippen LogP contribution < -0.4 is 5.32 Å². The average molecular weight is 235 g/mol. The normalized spacial score (nSPS) is 10.0. The van der Waals surface area contributed by atoms with Gasteiger partial charge in [0.1, 0.15) is 0 Å². The van der Waals surface area contributed by atoms with Gasteiger partial charge in [0, 0.05) is 31.1 Å². The number of aromatic nitrogens is 2. The maximum absolute atomic E-state index is 11.2. The number of rotatable bonds is 6. The molecule has 0 saturated carbocycles. The molecule has 1 N–H and O–H groups in total. The van der Waals surface area contributed by atoms with Gasteiger partial charge in [-0.05, 0) is 13.8 Å². The lowest BCUT2D eigenvalue weighted by atomic mass is 10.3. The van der Waals surface area contributed by atoms with Gasteiger partial charge in [-0.2, -0.15) is 0 Å². The summed E-state index contributed by atoms with van der Waals surface area (Å²) in [6, 6.07) is 0. The Bertz CT molecular complexity index is 387. The van der Waals surface area contributed by atoms with Crippen molar-refractivity contribution in [2.24, 2.45) is 0 Å². The molecule has 1 rings (SSSR count). The molecule has 1 heterocycles. The molecular formula is C12H17N3O2. The minimum Gasteiger partial charge on any atom is -0.463 e. The fraction of sp³-hybridized carbons (Fsp3) is 0.417. The highest BCUT2D eigenvalue weighted by molar-refractivity contribution is 5.88. The van der Waals surface area contributed by atoms with Gasteiger partial charge in [0.25, 0.3) is 0 Å². The first-order chi connectivity index (χ1) is 8.13. The molecule has 0 bridgehead atoms. The molecule has 0 aliphatic rings. The first-order valence-corrected chi connectivity index (χ1v) is 5.46. The van der Waals surface area contributed by atoms with Crippen molar-refractivity contribution < 1.29 is 9.53 Å². The third-order valence-electron chi connectivity index (χ3n) is 2.04. The quantitative estimate of drug-likeness (QED) is 0.588. The van der Waals surface area contributed by atoms with Gasteiger partial charge >= 0.3 is 5.97 Å². The summed E-state index contributed by atoms with van der Waals surface area (Å²) >= 11 is 0. The van der Waals surface area contributed by atoms with Crippen molar-refractivity contribution in [1.29, 1.82) is 0 Å². The topological polar surface area (TPSA) is 64.1 Å². The van der Waals surface area contributed by atoms with E-state index >= 15 is 0 Å². The van der Waals surface area contributed by atoms with Gasteiger partial charge in [0.2, 0.25) is 0 Å². The molecule has 0 fully saturated rings. The van der Waals surface area contributed by atoms with Gasteiger partial charge in [0.15, 0.2) is 0 Å². The summed E-state index contributed by atoms with van der Waals surface area (Å²) in [5, 5.41) is 3.06. The number of ether oxygens (including phenoxy) is 1. The van der Waals surface area contributed by atoms with Gasteiger partial charge < -0.3 is 10.1 Å². The number of carbonyl (C=O) groups excluding carboxylic acids is 1. The van der Waals surface area contributed by atoms with Gasteiger partial charge in [-0.3, -0.25) is 9.97 Å². The summed E-state index contributed by atoms with van der Waals surface area (Å²) in [4.78, 5) is 19.6. The van der Waals surface area contributed by atoms with E-state index in [1.165, 1.54) is 0 Å². The number of aryl methyl sites for hydroxylation is 1. The van der Waals surface area contributed by atoms with Crippen molar-refractivity contribution in [3.05, 3.63) is 35.9 Å². The maximum atomic E-state index is 11.2. The van der Waals surface area contributed by atoms with Crippen molar-refractivity contribution in [3.63, 3.8) is 0 Å². The summed E-state index contributed by atoms with van der Waals surface area (Å²) in [5.74, 6) is -0.366. The monoisotopic (exact) mass is 235 g/mol. The Balaban J connectivity index is 2.30. The Morgan fingerprint density at radius 2 is 2.24 bits per heavy atom. The minimum absolute atomic E-state index is 0.362. The van der Waals surface area contributed by atoms with Gasteiger partial charge in [-0.25, -0.2) is 4.79 Å². The molecule has 5 nitrogen and oxygen atoms in total. The van der Waals surface area contributed by atoms with E-state index in [0.29, 0.717) is 25.3 Å². The molecule has 0 amide bonds. The highest BCUT2D eigenvalue weighted by Gasteiger charge is 2.06. The number of nitrogens with one attached hydrogen (secondary N) is 1. The standard InChI is InChI=1S/C12H17N3O2/c1-4-17-12(16)9(2)5-13-7-11-8-14-10(3)6-15-11/h6,8,13H,2,4-5,7H2,1,3H3. The molecule has 0 spiro atoms. The van der Waals surface area contributed by atoms with Crippen LogP contribution in [-0.2, 0) is 16.1 Å². The van der Waals surface area contributed by atoms with Crippen LogP contribution in [0.25, 0.3) is 0 Å². The molecule has 92 valence electrons. The van der Waals surface area contributed by atoms with Crippen LogP contribution in [-0.4, -0.2) is 29.1 Å². The van der Waals surface area contributed by atoms with E-state index in [4.69, 9.17) is 4.74 Å². The van der Waals surface area contributed by atoms with Crippen LogP contribution in [0.5, 0.6) is 0 Å². The van der Waals surface area contributed by atoms with Crippen LogP contribution in [0.15, 0.2) is 24.5 Å². The first kappa shape index (κ1) is 13.3. The largest absolute Gasteiger partial charge is 0.463 e. The van der Waals surface area contributed by atoms with Gasteiger partial charge in [-0.15, -0.1) is 0 Å². The Kier molecular flexibility index (Phi) is 5.29. The van der Waals surface area contributed by atoms with E-state index in [0.717, 1.165) is 11.4 Å².